The Kier molecular flexibility index (Phi) is 5.66. The van der Waals surface area contributed by atoms with Crippen molar-refractivity contribution in [1.29, 1.82) is 0 Å². The summed E-state index contributed by atoms with van der Waals surface area (Å²) in [6, 6.07) is -0.723. The molecule has 0 bridgehead atoms. The number of aliphatic hydroxyl groups excluding tert-OH is 1. The normalized spacial score (nSPS) is 13.7. The van der Waals surface area contributed by atoms with Gasteiger partial charge >= 0.3 is 0 Å². The van der Waals surface area contributed by atoms with Gasteiger partial charge in [-0.2, -0.15) is 4.98 Å². The Labute approximate surface area is 106 Å². The molecule has 0 spiro atoms. The molecule has 1 heterocycles. The Morgan fingerprint density at radius 3 is 2.89 bits per heavy atom. The zero-order valence-electron chi connectivity index (χ0n) is 10.2. The molecule has 0 aliphatic carbocycles. The number of nitrogens with zero attached hydrogens (tertiary/aromatic N) is 2. The van der Waals surface area contributed by atoms with Gasteiger partial charge < -0.3 is 15.4 Å². The molecule has 1 atom stereocenters. The molecule has 8 nitrogen and oxygen atoms in total. The van der Waals surface area contributed by atoms with Crippen molar-refractivity contribution >= 4 is 10.0 Å². The Morgan fingerprint density at radius 1 is 1.56 bits per heavy atom. The van der Waals surface area contributed by atoms with Gasteiger partial charge in [0.1, 0.15) is 0 Å². The van der Waals surface area contributed by atoms with E-state index in [9.17, 15) is 8.42 Å². The molecule has 9 heteroatoms. The molecule has 1 aromatic rings. The minimum Gasteiger partial charge on any atom is -0.394 e. The predicted octanol–water partition coefficient (Wildman–Crippen LogP) is -0.719. The molecule has 1 rings (SSSR count). The van der Waals surface area contributed by atoms with Crippen molar-refractivity contribution in [1.82, 2.24) is 14.9 Å². The van der Waals surface area contributed by atoms with Crippen LogP contribution in [-0.2, 0) is 16.6 Å². The average molecular weight is 278 g/mol. The molecule has 1 aromatic heterocycles. The van der Waals surface area contributed by atoms with Crippen LogP contribution in [0.4, 0.5) is 0 Å². The summed E-state index contributed by atoms with van der Waals surface area (Å²) < 4.78 is 30.1. The molecule has 0 aliphatic rings. The van der Waals surface area contributed by atoms with E-state index in [1.807, 2.05) is 6.92 Å². The fourth-order valence-electron chi connectivity index (χ4n) is 1.15. The molecule has 18 heavy (non-hydrogen) atoms. The van der Waals surface area contributed by atoms with Crippen molar-refractivity contribution in [2.45, 2.75) is 32.4 Å². The lowest BCUT2D eigenvalue weighted by Crippen LogP contribution is -2.26. The number of hydrogen-bond acceptors (Lipinski definition) is 7. The summed E-state index contributed by atoms with van der Waals surface area (Å²) >= 11 is 0. The molecular weight excluding hydrogens is 260 g/mol. The van der Waals surface area contributed by atoms with Crippen LogP contribution < -0.4 is 10.5 Å². The quantitative estimate of drug-likeness (QED) is 0.571. The molecule has 0 radical (unpaired) electrons. The molecule has 0 aliphatic heterocycles. The minimum absolute atomic E-state index is 0.0701. The second-order valence-corrected chi connectivity index (χ2v) is 5.76. The van der Waals surface area contributed by atoms with E-state index in [1.54, 1.807) is 0 Å². The van der Waals surface area contributed by atoms with Gasteiger partial charge in [-0.05, 0) is 6.42 Å². The second-order valence-electron chi connectivity index (χ2n) is 3.83. The Balaban J connectivity index is 2.51. The molecule has 0 aromatic carbocycles. The Hall–Kier alpha value is -1.03. The van der Waals surface area contributed by atoms with E-state index < -0.39 is 16.1 Å². The molecule has 1 unspecified atom stereocenters. The third-order valence-corrected chi connectivity index (χ3v) is 3.63. The lowest BCUT2D eigenvalue weighted by Gasteiger charge is -2.02. The van der Waals surface area contributed by atoms with E-state index in [0.29, 0.717) is 6.42 Å². The highest BCUT2D eigenvalue weighted by molar-refractivity contribution is 7.89. The number of aromatic nitrogens is 2. The van der Waals surface area contributed by atoms with E-state index in [4.69, 9.17) is 15.4 Å². The predicted molar refractivity (Wildman–Crippen MR) is 63.8 cm³/mol. The van der Waals surface area contributed by atoms with Gasteiger partial charge in [0.25, 0.3) is 0 Å². The summed E-state index contributed by atoms with van der Waals surface area (Å²) in [6.45, 7) is 1.54. The molecule has 0 amide bonds. The number of sulfonamides is 1. The van der Waals surface area contributed by atoms with Crippen molar-refractivity contribution in [3.05, 3.63) is 11.7 Å². The molecular formula is C9H18N4O4S. The van der Waals surface area contributed by atoms with Crippen LogP contribution in [-0.4, -0.2) is 36.0 Å². The third kappa shape index (κ3) is 4.69. The zero-order chi connectivity index (χ0) is 13.6. The highest BCUT2D eigenvalue weighted by Crippen LogP contribution is 2.05. The first-order valence-corrected chi connectivity index (χ1v) is 7.30. The zero-order valence-corrected chi connectivity index (χ0v) is 11.0. The van der Waals surface area contributed by atoms with Gasteiger partial charge in [-0.25, -0.2) is 13.1 Å². The first-order valence-electron chi connectivity index (χ1n) is 5.64. The number of unbranched alkanes of at least 4 members (excludes halogenated alkanes) is 1. The van der Waals surface area contributed by atoms with Crippen molar-refractivity contribution < 1.29 is 18.0 Å². The van der Waals surface area contributed by atoms with Gasteiger partial charge in [-0.15, -0.1) is 0 Å². The van der Waals surface area contributed by atoms with Gasteiger partial charge in [0, 0.05) is 0 Å². The maximum atomic E-state index is 11.5. The summed E-state index contributed by atoms with van der Waals surface area (Å²) in [4.78, 5) is 3.87. The molecule has 104 valence electrons. The van der Waals surface area contributed by atoms with Crippen LogP contribution >= 0.6 is 0 Å². The SMILES string of the molecule is CCCCS(=O)(=O)NCc1nc(C(N)CO)no1. The first kappa shape index (κ1) is 15.0. The van der Waals surface area contributed by atoms with Crippen LogP contribution in [0.2, 0.25) is 0 Å². The monoisotopic (exact) mass is 278 g/mol. The fraction of sp³-hybridized carbons (Fsp3) is 0.778. The summed E-state index contributed by atoms with van der Waals surface area (Å²) in [5.41, 5.74) is 5.48. The van der Waals surface area contributed by atoms with Crippen LogP contribution in [0.1, 0.15) is 37.5 Å². The Morgan fingerprint density at radius 2 is 2.28 bits per heavy atom. The van der Waals surface area contributed by atoms with Crippen LogP contribution in [0, 0.1) is 0 Å². The number of rotatable bonds is 8. The van der Waals surface area contributed by atoms with E-state index >= 15 is 0 Å². The number of hydrogen-bond donors (Lipinski definition) is 3. The second kappa shape index (κ2) is 6.78. The highest BCUT2D eigenvalue weighted by atomic mass is 32.2. The number of nitrogens with two attached hydrogens (primary N) is 1. The van der Waals surface area contributed by atoms with Gasteiger partial charge in [0.15, 0.2) is 5.82 Å². The highest BCUT2D eigenvalue weighted by Gasteiger charge is 2.15. The Bertz CT molecular complexity index is 459. The average Bonchev–Trinajstić information content (AvgIpc) is 2.82. The van der Waals surface area contributed by atoms with Gasteiger partial charge in [0.2, 0.25) is 15.9 Å². The number of nitrogens with one attached hydrogen (secondary N) is 1. The summed E-state index contributed by atoms with van der Waals surface area (Å²) in [7, 11) is -3.32. The molecule has 4 N–H and O–H groups in total. The van der Waals surface area contributed by atoms with E-state index in [0.717, 1.165) is 6.42 Å². The molecule has 0 fully saturated rings. The van der Waals surface area contributed by atoms with Crippen LogP contribution in [0.3, 0.4) is 0 Å². The van der Waals surface area contributed by atoms with Gasteiger partial charge in [0.05, 0.1) is 24.9 Å². The van der Waals surface area contributed by atoms with E-state index in [-0.39, 0.29) is 30.6 Å². The van der Waals surface area contributed by atoms with Crippen molar-refractivity contribution in [3.8, 4) is 0 Å². The largest absolute Gasteiger partial charge is 0.394 e. The lowest BCUT2D eigenvalue weighted by molar-refractivity contribution is 0.259. The van der Waals surface area contributed by atoms with Crippen molar-refractivity contribution in [3.63, 3.8) is 0 Å². The first-order chi connectivity index (χ1) is 8.48. The summed E-state index contributed by atoms with van der Waals surface area (Å²) in [5.74, 6) is 0.343. The maximum Gasteiger partial charge on any atom is 0.241 e. The summed E-state index contributed by atoms with van der Waals surface area (Å²) in [5, 5.41) is 12.3. The van der Waals surface area contributed by atoms with Crippen molar-refractivity contribution in [2.24, 2.45) is 5.73 Å². The third-order valence-electron chi connectivity index (χ3n) is 2.22. The molecule has 0 saturated carbocycles. The smallest absolute Gasteiger partial charge is 0.241 e. The van der Waals surface area contributed by atoms with Crippen molar-refractivity contribution in [2.75, 3.05) is 12.4 Å². The fourth-order valence-corrected chi connectivity index (χ4v) is 2.31. The van der Waals surface area contributed by atoms with Crippen LogP contribution in [0.5, 0.6) is 0 Å². The van der Waals surface area contributed by atoms with Gasteiger partial charge in [-0.3, -0.25) is 0 Å². The standard InChI is InChI=1S/C9H18N4O4S/c1-2-3-4-18(15,16)11-5-8-12-9(13-17-8)7(10)6-14/h7,11,14H,2-6,10H2,1H3. The number of aliphatic hydroxyl groups is 1. The van der Waals surface area contributed by atoms with Crippen LogP contribution in [0.15, 0.2) is 4.52 Å². The molecule has 0 saturated heterocycles. The van der Waals surface area contributed by atoms with E-state index in [2.05, 4.69) is 14.9 Å². The minimum atomic E-state index is -3.32. The summed E-state index contributed by atoms with van der Waals surface area (Å²) in [6.07, 6.45) is 1.40. The van der Waals surface area contributed by atoms with Gasteiger partial charge in [-0.1, -0.05) is 18.5 Å². The van der Waals surface area contributed by atoms with Crippen LogP contribution in [0.25, 0.3) is 0 Å². The lowest BCUT2D eigenvalue weighted by atomic mass is 10.3. The maximum absolute atomic E-state index is 11.5. The topological polar surface area (TPSA) is 131 Å². The van der Waals surface area contributed by atoms with E-state index in [1.165, 1.54) is 0 Å².